The van der Waals surface area contributed by atoms with Crippen molar-refractivity contribution in [1.29, 1.82) is 5.41 Å². The molecule has 104 valence electrons. The molecular formula is C14H22N4O. The highest BCUT2D eigenvalue weighted by atomic mass is 16.5. The Hall–Kier alpha value is -1.62. The summed E-state index contributed by atoms with van der Waals surface area (Å²) in [6.45, 7) is 7.64. The molecule has 3 N–H and O–H groups in total. The summed E-state index contributed by atoms with van der Waals surface area (Å²) in [6.07, 6.45) is 1.16. The maximum Gasteiger partial charge on any atom is 0.140 e. The van der Waals surface area contributed by atoms with E-state index in [1.54, 1.807) is 0 Å². The molecule has 2 rings (SSSR count). The fourth-order valence-electron chi connectivity index (χ4n) is 2.41. The Morgan fingerprint density at radius 2 is 2.32 bits per heavy atom. The minimum Gasteiger partial charge on any atom is -0.384 e. The molecule has 1 fully saturated rings. The standard InChI is InChI=1S/C14H22N4O/c1-4-11-8-19-10(3)7-18(11)14-12(13(15)16)6-5-9(2)17-14/h5-6,10-11H,4,7-8H2,1-3H3,(H3,15,16). The first-order valence-electron chi connectivity index (χ1n) is 6.73. The van der Waals surface area contributed by atoms with Crippen molar-refractivity contribution in [3.63, 3.8) is 0 Å². The van der Waals surface area contributed by atoms with E-state index in [1.165, 1.54) is 0 Å². The second-order valence-corrected chi connectivity index (χ2v) is 5.10. The van der Waals surface area contributed by atoms with Gasteiger partial charge in [0.1, 0.15) is 11.7 Å². The lowest BCUT2D eigenvalue weighted by molar-refractivity contribution is 0.0296. The number of amidine groups is 1. The van der Waals surface area contributed by atoms with E-state index >= 15 is 0 Å². The van der Waals surface area contributed by atoms with Crippen molar-refractivity contribution in [2.24, 2.45) is 5.73 Å². The number of nitrogens with zero attached hydrogens (tertiary/aromatic N) is 2. The molecule has 1 aromatic heterocycles. The molecule has 0 aliphatic carbocycles. The molecule has 1 aromatic rings. The van der Waals surface area contributed by atoms with Gasteiger partial charge in [0.15, 0.2) is 0 Å². The molecule has 5 heteroatoms. The number of rotatable bonds is 3. The molecule has 1 aliphatic heterocycles. The highest BCUT2D eigenvalue weighted by Gasteiger charge is 2.28. The zero-order valence-corrected chi connectivity index (χ0v) is 11.8. The summed E-state index contributed by atoms with van der Waals surface area (Å²) in [5.74, 6) is 0.881. The highest BCUT2D eigenvalue weighted by Crippen LogP contribution is 2.25. The van der Waals surface area contributed by atoms with Gasteiger partial charge in [0.2, 0.25) is 0 Å². The Morgan fingerprint density at radius 3 is 2.95 bits per heavy atom. The van der Waals surface area contributed by atoms with E-state index in [4.69, 9.17) is 15.9 Å². The van der Waals surface area contributed by atoms with E-state index in [1.807, 2.05) is 19.1 Å². The summed E-state index contributed by atoms with van der Waals surface area (Å²) < 4.78 is 5.71. The molecule has 0 amide bonds. The highest BCUT2D eigenvalue weighted by molar-refractivity contribution is 5.99. The van der Waals surface area contributed by atoms with Gasteiger partial charge in [0, 0.05) is 12.2 Å². The smallest absolute Gasteiger partial charge is 0.140 e. The monoisotopic (exact) mass is 262 g/mol. The normalized spacial score (nSPS) is 23.4. The molecule has 0 spiro atoms. The molecule has 0 saturated carbocycles. The van der Waals surface area contributed by atoms with Gasteiger partial charge in [-0.3, -0.25) is 5.41 Å². The summed E-state index contributed by atoms with van der Waals surface area (Å²) >= 11 is 0. The van der Waals surface area contributed by atoms with Gasteiger partial charge in [-0.25, -0.2) is 4.98 Å². The molecule has 0 radical (unpaired) electrons. The lowest BCUT2D eigenvalue weighted by Gasteiger charge is -2.40. The van der Waals surface area contributed by atoms with Crippen molar-refractivity contribution in [3.8, 4) is 0 Å². The number of morpholine rings is 1. The number of nitrogen functional groups attached to an aromatic ring is 1. The second-order valence-electron chi connectivity index (χ2n) is 5.10. The van der Waals surface area contributed by atoms with Crippen LogP contribution in [0.3, 0.4) is 0 Å². The summed E-state index contributed by atoms with van der Waals surface area (Å²) in [5.41, 5.74) is 7.32. The van der Waals surface area contributed by atoms with Crippen LogP contribution in [-0.2, 0) is 4.74 Å². The molecule has 0 bridgehead atoms. The maximum absolute atomic E-state index is 7.72. The van der Waals surface area contributed by atoms with Crippen LogP contribution in [0.1, 0.15) is 31.5 Å². The lowest BCUT2D eigenvalue weighted by Crippen LogP contribution is -2.49. The molecule has 2 atom stereocenters. The molecular weight excluding hydrogens is 240 g/mol. The number of nitrogens with two attached hydrogens (primary N) is 1. The van der Waals surface area contributed by atoms with E-state index in [-0.39, 0.29) is 11.9 Å². The van der Waals surface area contributed by atoms with Crippen LogP contribution in [-0.4, -0.2) is 36.1 Å². The molecule has 1 saturated heterocycles. The molecule has 0 aromatic carbocycles. The van der Waals surface area contributed by atoms with E-state index in [0.717, 1.165) is 24.5 Å². The second kappa shape index (κ2) is 5.57. The first-order chi connectivity index (χ1) is 9.02. The first kappa shape index (κ1) is 13.8. The third kappa shape index (κ3) is 2.87. The van der Waals surface area contributed by atoms with Crippen LogP contribution >= 0.6 is 0 Å². The number of ether oxygens (including phenoxy) is 1. The number of aryl methyl sites for hydroxylation is 1. The minimum atomic E-state index is 0.0662. The van der Waals surface area contributed by atoms with Gasteiger partial charge in [0.05, 0.1) is 24.3 Å². The van der Waals surface area contributed by atoms with Gasteiger partial charge in [-0.1, -0.05) is 6.92 Å². The van der Waals surface area contributed by atoms with Gasteiger partial charge >= 0.3 is 0 Å². The van der Waals surface area contributed by atoms with Gasteiger partial charge in [-0.2, -0.15) is 0 Å². The van der Waals surface area contributed by atoms with Crippen molar-refractivity contribution in [2.75, 3.05) is 18.1 Å². The van der Waals surface area contributed by atoms with Crippen molar-refractivity contribution >= 4 is 11.7 Å². The zero-order chi connectivity index (χ0) is 14.0. The molecule has 2 heterocycles. The number of aromatic nitrogens is 1. The van der Waals surface area contributed by atoms with Crippen LogP contribution in [0.5, 0.6) is 0 Å². The number of hydrogen-bond donors (Lipinski definition) is 2. The van der Waals surface area contributed by atoms with Crippen molar-refractivity contribution in [3.05, 3.63) is 23.4 Å². The summed E-state index contributed by atoms with van der Waals surface area (Å²) in [4.78, 5) is 6.83. The summed E-state index contributed by atoms with van der Waals surface area (Å²) in [7, 11) is 0. The Bertz CT molecular complexity index is 475. The van der Waals surface area contributed by atoms with Gasteiger partial charge in [0.25, 0.3) is 0 Å². The van der Waals surface area contributed by atoms with Crippen LogP contribution in [0.2, 0.25) is 0 Å². The van der Waals surface area contributed by atoms with Crippen molar-refractivity contribution in [2.45, 2.75) is 39.3 Å². The van der Waals surface area contributed by atoms with Gasteiger partial charge in [-0.05, 0) is 32.4 Å². The molecule has 5 nitrogen and oxygen atoms in total. The van der Waals surface area contributed by atoms with E-state index in [9.17, 15) is 0 Å². The Balaban J connectivity index is 2.42. The lowest BCUT2D eigenvalue weighted by atomic mass is 10.1. The average molecular weight is 262 g/mol. The third-order valence-electron chi connectivity index (χ3n) is 3.52. The number of hydrogen-bond acceptors (Lipinski definition) is 4. The van der Waals surface area contributed by atoms with Crippen LogP contribution in [0, 0.1) is 12.3 Å². The topological polar surface area (TPSA) is 75.2 Å². The average Bonchev–Trinajstić information content (AvgIpc) is 2.38. The van der Waals surface area contributed by atoms with Crippen LogP contribution in [0.4, 0.5) is 5.82 Å². The fourth-order valence-corrected chi connectivity index (χ4v) is 2.41. The van der Waals surface area contributed by atoms with Crippen molar-refractivity contribution < 1.29 is 4.74 Å². The SMILES string of the molecule is CCC1COC(C)CN1c1nc(C)ccc1C(=N)N. The third-order valence-corrected chi connectivity index (χ3v) is 3.52. The first-order valence-corrected chi connectivity index (χ1v) is 6.73. The van der Waals surface area contributed by atoms with Crippen molar-refractivity contribution in [1.82, 2.24) is 4.98 Å². The number of nitrogens with one attached hydrogen (secondary N) is 1. The maximum atomic E-state index is 7.72. The molecule has 19 heavy (non-hydrogen) atoms. The van der Waals surface area contributed by atoms with E-state index < -0.39 is 0 Å². The quantitative estimate of drug-likeness (QED) is 0.642. The number of pyridine rings is 1. The number of anilines is 1. The van der Waals surface area contributed by atoms with Gasteiger partial charge in [-0.15, -0.1) is 0 Å². The molecule has 1 aliphatic rings. The summed E-state index contributed by atoms with van der Waals surface area (Å²) in [6, 6.07) is 4.07. The Labute approximate surface area is 114 Å². The summed E-state index contributed by atoms with van der Waals surface area (Å²) in [5, 5.41) is 7.72. The van der Waals surface area contributed by atoms with Gasteiger partial charge < -0.3 is 15.4 Å². The predicted molar refractivity (Wildman–Crippen MR) is 76.8 cm³/mol. The predicted octanol–water partition coefficient (Wildman–Crippen LogP) is 1.68. The largest absolute Gasteiger partial charge is 0.384 e. The van der Waals surface area contributed by atoms with E-state index in [0.29, 0.717) is 18.2 Å². The Kier molecular flexibility index (Phi) is 4.04. The Morgan fingerprint density at radius 1 is 1.58 bits per heavy atom. The minimum absolute atomic E-state index is 0.0662. The van der Waals surface area contributed by atoms with Crippen LogP contribution < -0.4 is 10.6 Å². The van der Waals surface area contributed by atoms with E-state index in [2.05, 4.69) is 23.7 Å². The molecule has 2 unspecified atom stereocenters. The van der Waals surface area contributed by atoms with Crippen LogP contribution in [0.15, 0.2) is 12.1 Å². The zero-order valence-electron chi connectivity index (χ0n) is 11.8. The van der Waals surface area contributed by atoms with Crippen LogP contribution in [0.25, 0.3) is 0 Å². The fraction of sp³-hybridized carbons (Fsp3) is 0.571.